The van der Waals surface area contributed by atoms with E-state index in [2.05, 4.69) is 6.07 Å². The van der Waals surface area contributed by atoms with Crippen LogP contribution in [0.5, 0.6) is 5.75 Å². The molecule has 0 amide bonds. The van der Waals surface area contributed by atoms with Gasteiger partial charge < -0.3 is 10.5 Å². The summed E-state index contributed by atoms with van der Waals surface area (Å²) in [6.07, 6.45) is 3.76. The third-order valence-electron chi connectivity index (χ3n) is 2.33. The first-order valence-corrected chi connectivity index (χ1v) is 5.26. The summed E-state index contributed by atoms with van der Waals surface area (Å²) in [5.41, 5.74) is 7.02. The van der Waals surface area contributed by atoms with Gasteiger partial charge in [0.05, 0.1) is 6.10 Å². The lowest BCUT2D eigenvalue weighted by molar-refractivity contribution is 0.299. The third kappa shape index (κ3) is 2.48. The minimum atomic E-state index is 0.193. The van der Waals surface area contributed by atoms with Crippen LogP contribution in [-0.2, 0) is 6.42 Å². The van der Waals surface area contributed by atoms with Gasteiger partial charge in [-0.3, -0.25) is 0 Å². The van der Waals surface area contributed by atoms with E-state index < -0.39 is 0 Å². The monoisotopic (exact) mass is 191 g/mol. The normalized spacial score (nSPS) is 17.9. The lowest BCUT2D eigenvalue weighted by atomic mass is 10.1. The van der Waals surface area contributed by atoms with Gasteiger partial charge in [-0.05, 0) is 37.8 Å². The molecule has 0 bridgehead atoms. The Bertz CT molecular complexity index is 282. The Labute approximate surface area is 85.1 Å². The fourth-order valence-electron chi connectivity index (χ4n) is 1.50. The van der Waals surface area contributed by atoms with Crippen molar-refractivity contribution in [3.8, 4) is 5.75 Å². The summed E-state index contributed by atoms with van der Waals surface area (Å²) in [5, 5.41) is 0. The van der Waals surface area contributed by atoms with Crippen molar-refractivity contribution in [2.45, 2.75) is 38.3 Å². The summed E-state index contributed by atoms with van der Waals surface area (Å²) in [5.74, 6) is 1.02. The fourth-order valence-corrected chi connectivity index (χ4v) is 1.50. The van der Waals surface area contributed by atoms with Crippen LogP contribution in [0.1, 0.15) is 25.3 Å². The van der Waals surface area contributed by atoms with E-state index in [-0.39, 0.29) is 6.04 Å². The first-order valence-electron chi connectivity index (χ1n) is 5.26. The maximum absolute atomic E-state index is 5.80. The van der Waals surface area contributed by atoms with Crippen molar-refractivity contribution in [1.29, 1.82) is 0 Å². The van der Waals surface area contributed by atoms with Crippen molar-refractivity contribution in [2.75, 3.05) is 0 Å². The van der Waals surface area contributed by atoms with Crippen LogP contribution in [0.25, 0.3) is 0 Å². The van der Waals surface area contributed by atoms with Crippen molar-refractivity contribution >= 4 is 0 Å². The maximum atomic E-state index is 5.80. The largest absolute Gasteiger partial charge is 0.490 e. The van der Waals surface area contributed by atoms with Gasteiger partial charge in [0.2, 0.25) is 0 Å². The van der Waals surface area contributed by atoms with Crippen LogP contribution in [0.15, 0.2) is 24.3 Å². The van der Waals surface area contributed by atoms with Crippen molar-refractivity contribution in [2.24, 2.45) is 5.73 Å². The van der Waals surface area contributed by atoms with Gasteiger partial charge in [0.25, 0.3) is 0 Å². The minimum Gasteiger partial charge on any atom is -0.490 e. The highest BCUT2D eigenvalue weighted by molar-refractivity contribution is 5.34. The molecule has 0 spiro atoms. The van der Waals surface area contributed by atoms with Crippen LogP contribution in [0.3, 0.4) is 0 Å². The van der Waals surface area contributed by atoms with E-state index in [1.54, 1.807) is 0 Å². The SMILES string of the molecule is CC(N)Cc1ccccc1OC1CC1. The molecule has 1 aliphatic carbocycles. The average Bonchev–Trinajstić information content (AvgIpc) is 2.91. The summed E-state index contributed by atoms with van der Waals surface area (Å²) in [4.78, 5) is 0. The van der Waals surface area contributed by atoms with E-state index in [0.29, 0.717) is 6.10 Å². The summed E-state index contributed by atoms with van der Waals surface area (Å²) < 4.78 is 5.80. The van der Waals surface area contributed by atoms with E-state index in [0.717, 1.165) is 12.2 Å². The number of hydrogen-bond donors (Lipinski definition) is 1. The highest BCUT2D eigenvalue weighted by atomic mass is 16.5. The molecule has 1 aromatic carbocycles. The van der Waals surface area contributed by atoms with E-state index >= 15 is 0 Å². The number of para-hydroxylation sites is 1. The fraction of sp³-hybridized carbons (Fsp3) is 0.500. The topological polar surface area (TPSA) is 35.2 Å². The molecule has 0 saturated heterocycles. The quantitative estimate of drug-likeness (QED) is 0.791. The first-order chi connectivity index (χ1) is 6.75. The lowest BCUT2D eigenvalue weighted by Gasteiger charge is -2.12. The summed E-state index contributed by atoms with van der Waals surface area (Å²) in [6.45, 7) is 2.02. The average molecular weight is 191 g/mol. The summed E-state index contributed by atoms with van der Waals surface area (Å²) in [7, 11) is 0. The number of benzene rings is 1. The Hall–Kier alpha value is -1.02. The van der Waals surface area contributed by atoms with Gasteiger partial charge in [0.15, 0.2) is 0 Å². The van der Waals surface area contributed by atoms with Crippen LogP contribution in [-0.4, -0.2) is 12.1 Å². The van der Waals surface area contributed by atoms with Crippen LogP contribution in [0.2, 0.25) is 0 Å². The summed E-state index contributed by atoms with van der Waals surface area (Å²) >= 11 is 0. The standard InChI is InChI=1S/C12H17NO/c1-9(13)8-10-4-2-3-5-12(10)14-11-6-7-11/h2-5,9,11H,6-8,13H2,1H3. The smallest absolute Gasteiger partial charge is 0.122 e. The molecule has 0 radical (unpaired) electrons. The zero-order chi connectivity index (χ0) is 9.97. The van der Waals surface area contributed by atoms with Gasteiger partial charge in [-0.1, -0.05) is 18.2 Å². The number of hydrogen-bond acceptors (Lipinski definition) is 2. The third-order valence-corrected chi connectivity index (χ3v) is 2.33. The molecule has 1 saturated carbocycles. The molecule has 1 fully saturated rings. The Kier molecular flexibility index (Phi) is 2.73. The van der Waals surface area contributed by atoms with Crippen LogP contribution < -0.4 is 10.5 Å². The molecule has 2 rings (SSSR count). The molecule has 2 N–H and O–H groups in total. The molecular weight excluding hydrogens is 174 g/mol. The second-order valence-electron chi connectivity index (χ2n) is 4.11. The molecule has 2 heteroatoms. The Morgan fingerprint density at radius 3 is 2.79 bits per heavy atom. The molecule has 0 heterocycles. The molecule has 1 atom stereocenters. The van der Waals surface area contributed by atoms with Gasteiger partial charge in [-0.25, -0.2) is 0 Å². The van der Waals surface area contributed by atoms with Crippen LogP contribution >= 0.6 is 0 Å². The lowest BCUT2D eigenvalue weighted by Crippen LogP contribution is -2.18. The van der Waals surface area contributed by atoms with Crippen LogP contribution in [0.4, 0.5) is 0 Å². The van der Waals surface area contributed by atoms with Gasteiger partial charge in [-0.15, -0.1) is 0 Å². The zero-order valence-electron chi connectivity index (χ0n) is 8.57. The first kappa shape index (κ1) is 9.53. The second-order valence-corrected chi connectivity index (χ2v) is 4.11. The van der Waals surface area contributed by atoms with Gasteiger partial charge >= 0.3 is 0 Å². The molecular formula is C12H17NO. The second kappa shape index (κ2) is 4.01. The van der Waals surface area contributed by atoms with Crippen LogP contribution in [0, 0.1) is 0 Å². The van der Waals surface area contributed by atoms with Crippen molar-refractivity contribution in [1.82, 2.24) is 0 Å². The molecule has 0 aliphatic heterocycles. The Morgan fingerprint density at radius 1 is 1.43 bits per heavy atom. The molecule has 1 aliphatic rings. The van der Waals surface area contributed by atoms with E-state index in [1.165, 1.54) is 18.4 Å². The highest BCUT2D eigenvalue weighted by Crippen LogP contribution is 2.29. The molecule has 2 nitrogen and oxygen atoms in total. The van der Waals surface area contributed by atoms with Gasteiger partial charge in [0, 0.05) is 6.04 Å². The molecule has 14 heavy (non-hydrogen) atoms. The highest BCUT2D eigenvalue weighted by Gasteiger charge is 2.24. The molecule has 76 valence electrons. The van der Waals surface area contributed by atoms with E-state index in [9.17, 15) is 0 Å². The summed E-state index contributed by atoms with van der Waals surface area (Å²) in [6, 6.07) is 8.38. The van der Waals surface area contributed by atoms with E-state index in [1.807, 2.05) is 25.1 Å². The minimum absolute atomic E-state index is 0.193. The Morgan fingerprint density at radius 2 is 2.14 bits per heavy atom. The number of nitrogens with two attached hydrogens (primary N) is 1. The number of ether oxygens (including phenoxy) is 1. The predicted octanol–water partition coefficient (Wildman–Crippen LogP) is 2.12. The zero-order valence-corrected chi connectivity index (χ0v) is 8.57. The maximum Gasteiger partial charge on any atom is 0.122 e. The predicted molar refractivity (Wildman–Crippen MR) is 57.4 cm³/mol. The Balaban J connectivity index is 2.10. The van der Waals surface area contributed by atoms with Crippen molar-refractivity contribution in [3.05, 3.63) is 29.8 Å². The van der Waals surface area contributed by atoms with Crippen molar-refractivity contribution < 1.29 is 4.74 Å². The van der Waals surface area contributed by atoms with Gasteiger partial charge in [-0.2, -0.15) is 0 Å². The molecule has 1 unspecified atom stereocenters. The van der Waals surface area contributed by atoms with Crippen molar-refractivity contribution in [3.63, 3.8) is 0 Å². The van der Waals surface area contributed by atoms with E-state index in [4.69, 9.17) is 10.5 Å². The van der Waals surface area contributed by atoms with Gasteiger partial charge in [0.1, 0.15) is 5.75 Å². The molecule has 1 aromatic rings. The number of rotatable bonds is 4. The molecule has 0 aromatic heterocycles.